The number of ether oxygens (including phenoxy) is 2. The van der Waals surface area contributed by atoms with Crippen molar-refractivity contribution >= 4 is 29.0 Å². The monoisotopic (exact) mass is 478 g/mol. The molecule has 1 aliphatic carbocycles. The van der Waals surface area contributed by atoms with Gasteiger partial charge in [-0.1, -0.05) is 43.0 Å². The Morgan fingerprint density at radius 2 is 1.85 bits per heavy atom. The summed E-state index contributed by atoms with van der Waals surface area (Å²) in [6, 6.07) is 11.7. The molecule has 34 heavy (non-hydrogen) atoms. The average Bonchev–Trinajstić information content (AvgIpc) is 3.08. The Labute approximate surface area is 204 Å². The number of rotatable bonds is 6. The SMILES string of the molecule is COc1ccc(CN2C(=O)c3c(Cl)cc(Nc4ncncc4OC)cc3C23CCCCC3)cc1. The number of hydrogen-bond donors (Lipinski definition) is 1. The van der Waals surface area contributed by atoms with Crippen LogP contribution in [0.3, 0.4) is 0 Å². The Morgan fingerprint density at radius 1 is 1.09 bits per heavy atom. The fraction of sp³-hybridized carbons (Fsp3) is 0.346. The van der Waals surface area contributed by atoms with Crippen molar-refractivity contribution in [2.45, 2.75) is 44.2 Å². The molecule has 2 heterocycles. The molecule has 0 radical (unpaired) electrons. The first-order valence-corrected chi connectivity index (χ1v) is 11.8. The Morgan fingerprint density at radius 3 is 2.56 bits per heavy atom. The molecule has 1 spiro atoms. The van der Waals surface area contributed by atoms with E-state index in [9.17, 15) is 4.79 Å². The van der Waals surface area contributed by atoms with Gasteiger partial charge in [0, 0.05) is 12.2 Å². The van der Waals surface area contributed by atoms with Crippen LogP contribution in [0.4, 0.5) is 11.5 Å². The summed E-state index contributed by atoms with van der Waals surface area (Å²) in [7, 11) is 3.23. The third kappa shape index (κ3) is 3.84. The summed E-state index contributed by atoms with van der Waals surface area (Å²) in [6.07, 6.45) is 8.21. The van der Waals surface area contributed by atoms with Crippen molar-refractivity contribution < 1.29 is 14.3 Å². The molecule has 7 nitrogen and oxygen atoms in total. The molecule has 1 aromatic heterocycles. The van der Waals surface area contributed by atoms with Gasteiger partial charge in [0.2, 0.25) is 0 Å². The van der Waals surface area contributed by atoms with Crippen LogP contribution in [-0.4, -0.2) is 35.0 Å². The summed E-state index contributed by atoms with van der Waals surface area (Å²) in [5, 5.41) is 3.75. The number of anilines is 2. The zero-order chi connectivity index (χ0) is 23.7. The quantitative estimate of drug-likeness (QED) is 0.489. The third-order valence-electron chi connectivity index (χ3n) is 6.91. The van der Waals surface area contributed by atoms with Crippen LogP contribution in [0.25, 0.3) is 0 Å². The average molecular weight is 479 g/mol. The molecule has 8 heteroatoms. The van der Waals surface area contributed by atoms with Crippen molar-refractivity contribution in [3.63, 3.8) is 0 Å². The van der Waals surface area contributed by atoms with Crippen molar-refractivity contribution in [3.05, 3.63) is 70.6 Å². The molecule has 2 aliphatic rings. The minimum Gasteiger partial charge on any atom is -0.497 e. The standard InChI is InChI=1S/C26H27ClN4O3/c1-33-19-8-6-17(7-9-19)15-31-25(32)23-20(26(31)10-4-3-5-11-26)12-18(13-21(23)27)30-24-22(34-2)14-28-16-29-24/h6-9,12-14,16H,3-5,10-11,15H2,1-2H3,(H,28,29,30). The first kappa shape index (κ1) is 22.5. The van der Waals surface area contributed by atoms with Gasteiger partial charge in [-0.2, -0.15) is 0 Å². The lowest BCUT2D eigenvalue weighted by molar-refractivity contribution is 0.0387. The van der Waals surface area contributed by atoms with Crippen LogP contribution in [-0.2, 0) is 12.1 Å². The van der Waals surface area contributed by atoms with E-state index in [0.29, 0.717) is 28.7 Å². The van der Waals surface area contributed by atoms with E-state index >= 15 is 0 Å². The van der Waals surface area contributed by atoms with E-state index in [1.807, 2.05) is 29.2 Å². The number of halogens is 1. The molecule has 3 aromatic rings. The molecule has 1 saturated carbocycles. The van der Waals surface area contributed by atoms with Gasteiger partial charge in [0.05, 0.1) is 36.5 Å². The number of benzene rings is 2. The van der Waals surface area contributed by atoms with E-state index < -0.39 is 0 Å². The summed E-state index contributed by atoms with van der Waals surface area (Å²) in [6.45, 7) is 0.524. The van der Waals surface area contributed by atoms with Crippen LogP contribution in [0, 0.1) is 0 Å². The molecule has 1 fully saturated rings. The summed E-state index contributed by atoms with van der Waals surface area (Å²) < 4.78 is 10.7. The highest BCUT2D eigenvalue weighted by atomic mass is 35.5. The summed E-state index contributed by atoms with van der Waals surface area (Å²) >= 11 is 6.75. The molecule has 0 unspecified atom stereocenters. The molecule has 5 rings (SSSR count). The van der Waals surface area contributed by atoms with E-state index in [4.69, 9.17) is 21.1 Å². The largest absolute Gasteiger partial charge is 0.497 e. The Balaban J connectivity index is 1.55. The van der Waals surface area contributed by atoms with Crippen molar-refractivity contribution in [3.8, 4) is 11.5 Å². The van der Waals surface area contributed by atoms with E-state index in [-0.39, 0.29) is 11.4 Å². The second-order valence-corrected chi connectivity index (χ2v) is 9.18. The summed E-state index contributed by atoms with van der Waals surface area (Å²) in [5.41, 5.74) is 3.06. The van der Waals surface area contributed by atoms with Crippen molar-refractivity contribution in [2.75, 3.05) is 19.5 Å². The number of carbonyl (C=O) groups is 1. The molecular formula is C26H27ClN4O3. The molecule has 1 aliphatic heterocycles. The smallest absolute Gasteiger partial charge is 0.256 e. The van der Waals surface area contributed by atoms with Gasteiger partial charge in [-0.25, -0.2) is 9.97 Å². The van der Waals surface area contributed by atoms with Crippen LogP contribution >= 0.6 is 11.6 Å². The molecule has 0 bridgehead atoms. The fourth-order valence-electron chi connectivity index (χ4n) is 5.25. The van der Waals surface area contributed by atoms with E-state index in [2.05, 4.69) is 21.4 Å². The maximum absolute atomic E-state index is 13.7. The molecule has 0 atom stereocenters. The predicted molar refractivity (Wildman–Crippen MR) is 131 cm³/mol. The van der Waals surface area contributed by atoms with Gasteiger partial charge in [0.15, 0.2) is 11.6 Å². The van der Waals surface area contributed by atoms with Gasteiger partial charge >= 0.3 is 0 Å². The van der Waals surface area contributed by atoms with Crippen LogP contribution in [0.15, 0.2) is 48.9 Å². The summed E-state index contributed by atoms with van der Waals surface area (Å²) in [5.74, 6) is 1.87. The highest BCUT2D eigenvalue weighted by molar-refractivity contribution is 6.34. The van der Waals surface area contributed by atoms with Gasteiger partial charge in [-0.15, -0.1) is 0 Å². The minimum atomic E-state index is -0.373. The number of nitrogens with zero attached hydrogens (tertiary/aromatic N) is 3. The number of aromatic nitrogens is 2. The van der Waals surface area contributed by atoms with Gasteiger partial charge in [0.1, 0.15) is 12.1 Å². The minimum absolute atomic E-state index is 0.0103. The van der Waals surface area contributed by atoms with Crippen molar-refractivity contribution in [1.29, 1.82) is 0 Å². The van der Waals surface area contributed by atoms with Crippen LogP contribution in [0.2, 0.25) is 5.02 Å². The molecule has 1 amide bonds. The molecule has 1 N–H and O–H groups in total. The van der Waals surface area contributed by atoms with Crippen LogP contribution in [0.5, 0.6) is 11.5 Å². The van der Waals surface area contributed by atoms with Gasteiger partial charge in [-0.05, 0) is 48.2 Å². The predicted octanol–water partition coefficient (Wildman–Crippen LogP) is 5.71. The first-order valence-electron chi connectivity index (χ1n) is 11.5. The second-order valence-electron chi connectivity index (χ2n) is 8.78. The second kappa shape index (κ2) is 9.14. The lowest BCUT2D eigenvalue weighted by atomic mass is 9.76. The van der Waals surface area contributed by atoms with Gasteiger partial charge in [0.25, 0.3) is 5.91 Å². The van der Waals surface area contributed by atoms with E-state index in [1.165, 1.54) is 12.7 Å². The van der Waals surface area contributed by atoms with Crippen molar-refractivity contribution in [1.82, 2.24) is 14.9 Å². The lowest BCUT2D eigenvalue weighted by Gasteiger charge is -2.42. The highest BCUT2D eigenvalue weighted by Gasteiger charge is 2.50. The Bertz CT molecular complexity index is 1210. The Kier molecular flexibility index (Phi) is 6.04. The fourth-order valence-corrected chi connectivity index (χ4v) is 5.55. The number of nitrogens with one attached hydrogen (secondary N) is 1. The number of carbonyl (C=O) groups excluding carboxylic acids is 1. The Hall–Kier alpha value is -3.32. The molecule has 2 aromatic carbocycles. The van der Waals surface area contributed by atoms with E-state index in [0.717, 1.165) is 48.2 Å². The zero-order valence-corrected chi connectivity index (χ0v) is 20.1. The maximum atomic E-state index is 13.7. The normalized spacial score (nSPS) is 16.4. The number of hydrogen-bond acceptors (Lipinski definition) is 6. The highest BCUT2D eigenvalue weighted by Crippen LogP contribution is 2.52. The maximum Gasteiger partial charge on any atom is 0.256 e. The topological polar surface area (TPSA) is 76.6 Å². The number of amides is 1. The van der Waals surface area contributed by atoms with Crippen LogP contribution < -0.4 is 14.8 Å². The van der Waals surface area contributed by atoms with Gasteiger partial charge in [-0.3, -0.25) is 4.79 Å². The van der Waals surface area contributed by atoms with Crippen molar-refractivity contribution in [2.24, 2.45) is 0 Å². The molecule has 176 valence electrons. The van der Waals surface area contributed by atoms with Gasteiger partial charge < -0.3 is 19.7 Å². The molecular weight excluding hydrogens is 452 g/mol. The lowest BCUT2D eigenvalue weighted by Crippen LogP contribution is -2.44. The number of methoxy groups -OCH3 is 2. The summed E-state index contributed by atoms with van der Waals surface area (Å²) in [4.78, 5) is 24.1. The first-order chi connectivity index (χ1) is 16.6. The zero-order valence-electron chi connectivity index (χ0n) is 19.3. The third-order valence-corrected chi connectivity index (χ3v) is 7.21. The molecule has 0 saturated heterocycles. The van der Waals surface area contributed by atoms with E-state index in [1.54, 1.807) is 26.5 Å². The van der Waals surface area contributed by atoms with Crippen LogP contribution in [0.1, 0.15) is 53.6 Å². The number of fused-ring (bicyclic) bond motifs is 2.